The maximum Gasteiger partial charge on any atom is 0.129 e. The van der Waals surface area contributed by atoms with Crippen molar-refractivity contribution in [2.75, 3.05) is 76.7 Å². The molecule has 6 rings (SSSR count). The van der Waals surface area contributed by atoms with E-state index in [9.17, 15) is 0 Å². The van der Waals surface area contributed by atoms with Crippen LogP contribution in [0.15, 0.2) is 97.1 Å². The van der Waals surface area contributed by atoms with Gasteiger partial charge in [-0.3, -0.25) is 0 Å². The van der Waals surface area contributed by atoms with Gasteiger partial charge < -0.3 is 43.8 Å². The summed E-state index contributed by atoms with van der Waals surface area (Å²) >= 11 is 0. The minimum Gasteiger partial charge on any atom is -0.494 e. The lowest BCUT2D eigenvalue weighted by molar-refractivity contribution is -0.138. The molecule has 0 amide bonds. The minimum absolute atomic E-state index is 0.200. The van der Waals surface area contributed by atoms with E-state index in [0.29, 0.717) is 13.2 Å². The van der Waals surface area contributed by atoms with Gasteiger partial charge in [-0.25, -0.2) is 0 Å². The fourth-order valence-electron chi connectivity index (χ4n) is 5.74. The molecule has 51 heavy (non-hydrogen) atoms. The van der Waals surface area contributed by atoms with E-state index in [2.05, 4.69) is 24.5 Å². The van der Waals surface area contributed by atoms with Gasteiger partial charge in [0.1, 0.15) is 23.0 Å². The molecule has 9 nitrogen and oxygen atoms in total. The average Bonchev–Trinajstić information content (AvgIpc) is 3.11. The highest BCUT2D eigenvalue weighted by Gasteiger charge is 2.34. The van der Waals surface area contributed by atoms with Crippen molar-refractivity contribution in [3.63, 3.8) is 0 Å². The van der Waals surface area contributed by atoms with Crippen LogP contribution in [0.4, 0.5) is 22.7 Å². The molecule has 0 aliphatic carbocycles. The van der Waals surface area contributed by atoms with Crippen molar-refractivity contribution in [3.05, 3.63) is 97.1 Å². The first-order valence-corrected chi connectivity index (χ1v) is 18.1. The Morgan fingerprint density at radius 2 is 0.922 bits per heavy atom. The van der Waals surface area contributed by atoms with E-state index in [1.807, 2.05) is 97.1 Å². The second-order valence-corrected chi connectivity index (χ2v) is 14.3. The first-order chi connectivity index (χ1) is 24.9. The summed E-state index contributed by atoms with van der Waals surface area (Å²) in [5.74, 6) is 3.17. The van der Waals surface area contributed by atoms with E-state index in [-0.39, 0.29) is 10.8 Å². The number of unbranched alkanes of at least 4 members (excludes halogenated alkanes) is 2. The zero-order chi connectivity index (χ0) is 35.2. The summed E-state index contributed by atoms with van der Waals surface area (Å²) in [5.41, 5.74) is 4.20. The Balaban J connectivity index is 0.893. The maximum absolute atomic E-state index is 6.19. The molecule has 0 atom stereocenters. The molecule has 2 N–H and O–H groups in total. The number of ether oxygens (including phenoxy) is 7. The molecule has 0 unspecified atom stereocenters. The topological polar surface area (TPSA) is 88.7 Å². The van der Waals surface area contributed by atoms with Crippen LogP contribution in [0.25, 0.3) is 0 Å². The van der Waals surface area contributed by atoms with Gasteiger partial charge in [-0.1, -0.05) is 32.0 Å². The summed E-state index contributed by atoms with van der Waals surface area (Å²) in [6, 6.07) is 31.9. The van der Waals surface area contributed by atoms with Gasteiger partial charge in [0.2, 0.25) is 0 Å². The second kappa shape index (κ2) is 18.3. The summed E-state index contributed by atoms with van der Waals surface area (Å²) in [6.07, 6.45) is 3.83. The van der Waals surface area contributed by atoms with E-state index in [0.717, 1.165) is 124 Å². The summed E-state index contributed by atoms with van der Waals surface area (Å²) in [6.45, 7) is 11.9. The number of hydrogen-bond acceptors (Lipinski definition) is 9. The number of anilines is 4. The van der Waals surface area contributed by atoms with Crippen LogP contribution in [0.2, 0.25) is 0 Å². The highest BCUT2D eigenvalue weighted by atomic mass is 16.5. The van der Waals surface area contributed by atoms with Gasteiger partial charge in [0.25, 0.3) is 0 Å². The molecular weight excluding hydrogens is 644 g/mol. The molecule has 0 radical (unpaired) electrons. The predicted molar refractivity (Wildman–Crippen MR) is 201 cm³/mol. The van der Waals surface area contributed by atoms with Gasteiger partial charge in [0.15, 0.2) is 0 Å². The predicted octanol–water partition coefficient (Wildman–Crippen LogP) is 9.39. The molecule has 4 aromatic carbocycles. The smallest absolute Gasteiger partial charge is 0.129 e. The molecule has 0 aromatic heterocycles. The van der Waals surface area contributed by atoms with Crippen molar-refractivity contribution in [1.82, 2.24) is 0 Å². The molecule has 2 heterocycles. The van der Waals surface area contributed by atoms with Crippen LogP contribution in [0.1, 0.15) is 39.5 Å². The summed E-state index contributed by atoms with van der Waals surface area (Å²) in [4.78, 5) is 0. The largest absolute Gasteiger partial charge is 0.494 e. The highest BCUT2D eigenvalue weighted by molar-refractivity contribution is 5.64. The number of benzene rings is 4. The van der Waals surface area contributed by atoms with Crippen LogP contribution >= 0.6 is 0 Å². The van der Waals surface area contributed by atoms with Crippen LogP contribution in [-0.4, -0.2) is 66.1 Å². The van der Waals surface area contributed by atoms with Crippen molar-refractivity contribution in [3.8, 4) is 23.0 Å². The molecule has 0 saturated carbocycles. The molecule has 0 bridgehead atoms. The molecule has 0 spiro atoms. The lowest BCUT2D eigenvalue weighted by Gasteiger charge is -2.37. The fourth-order valence-corrected chi connectivity index (χ4v) is 5.74. The monoisotopic (exact) mass is 696 g/mol. The Bertz CT molecular complexity index is 1640. The molecule has 9 heteroatoms. The quantitative estimate of drug-likeness (QED) is 0.0781. The van der Waals surface area contributed by atoms with Crippen LogP contribution in [0, 0.1) is 10.8 Å². The van der Waals surface area contributed by atoms with Crippen LogP contribution < -0.4 is 24.8 Å². The Morgan fingerprint density at radius 1 is 0.490 bits per heavy atom. The molecule has 2 saturated heterocycles. The van der Waals surface area contributed by atoms with Gasteiger partial charge in [0.05, 0.1) is 52.9 Å². The van der Waals surface area contributed by atoms with Crippen molar-refractivity contribution >= 4 is 22.7 Å². The SMILES string of the molecule is CC1(COCCCCOc2cccc(Nc3ccc(Oc4cccc(Nc5cccc(OCCCCOCC6(C)COC6)c5)c4)cc3)c2)COC1. The van der Waals surface area contributed by atoms with Crippen LogP contribution in [-0.2, 0) is 18.9 Å². The van der Waals surface area contributed by atoms with Crippen molar-refractivity contribution < 1.29 is 33.2 Å². The molecule has 2 aliphatic rings. The standard InChI is InChI=1S/C42H52N2O7/c1-41(29-47-30-41)27-45-20-3-5-22-49-38-13-7-10-34(24-38)43-33-16-18-37(19-17-33)51-40-15-9-12-36(26-40)44-35-11-8-14-39(25-35)50-23-6-4-21-46-28-42(2)31-48-32-42/h7-19,24-26,43-44H,3-6,20-23,27-32H2,1-2H3. The van der Waals surface area contributed by atoms with E-state index in [1.165, 1.54) is 0 Å². The fraction of sp³-hybridized carbons (Fsp3) is 0.429. The molecular formula is C42H52N2O7. The van der Waals surface area contributed by atoms with Crippen LogP contribution in [0.5, 0.6) is 23.0 Å². The number of hydrogen-bond donors (Lipinski definition) is 2. The van der Waals surface area contributed by atoms with Gasteiger partial charge in [-0.15, -0.1) is 0 Å². The summed E-state index contributed by atoms with van der Waals surface area (Å²) in [5, 5.41) is 6.92. The molecule has 4 aromatic rings. The van der Waals surface area contributed by atoms with E-state index in [1.54, 1.807) is 0 Å². The third-order valence-corrected chi connectivity index (χ3v) is 8.78. The summed E-state index contributed by atoms with van der Waals surface area (Å²) in [7, 11) is 0. The Morgan fingerprint density at radius 3 is 1.39 bits per heavy atom. The van der Waals surface area contributed by atoms with E-state index in [4.69, 9.17) is 33.2 Å². The van der Waals surface area contributed by atoms with Gasteiger partial charge >= 0.3 is 0 Å². The Hall–Kier alpha value is -4.28. The first-order valence-electron chi connectivity index (χ1n) is 18.1. The molecule has 2 fully saturated rings. The zero-order valence-electron chi connectivity index (χ0n) is 30.0. The van der Waals surface area contributed by atoms with Gasteiger partial charge in [0, 0.05) is 65.0 Å². The summed E-state index contributed by atoms with van der Waals surface area (Å²) < 4.78 is 40.4. The number of rotatable bonds is 22. The lowest BCUT2D eigenvalue weighted by Crippen LogP contribution is -2.43. The van der Waals surface area contributed by atoms with Crippen molar-refractivity contribution in [2.45, 2.75) is 39.5 Å². The Kier molecular flexibility index (Phi) is 13.1. The second-order valence-electron chi connectivity index (χ2n) is 14.3. The lowest BCUT2D eigenvalue weighted by atomic mass is 9.90. The van der Waals surface area contributed by atoms with E-state index >= 15 is 0 Å². The maximum atomic E-state index is 6.19. The highest BCUT2D eigenvalue weighted by Crippen LogP contribution is 2.30. The van der Waals surface area contributed by atoms with Crippen molar-refractivity contribution in [2.24, 2.45) is 10.8 Å². The average molecular weight is 697 g/mol. The van der Waals surface area contributed by atoms with E-state index < -0.39 is 0 Å². The molecule has 2 aliphatic heterocycles. The Labute approximate surface area is 302 Å². The normalized spacial score (nSPS) is 15.6. The minimum atomic E-state index is 0.200. The first kappa shape index (κ1) is 36.5. The third-order valence-electron chi connectivity index (χ3n) is 8.78. The number of nitrogens with one attached hydrogen (secondary N) is 2. The van der Waals surface area contributed by atoms with Gasteiger partial charge in [-0.2, -0.15) is 0 Å². The van der Waals surface area contributed by atoms with Gasteiger partial charge in [-0.05, 0) is 86.3 Å². The molecule has 272 valence electrons. The third kappa shape index (κ3) is 11.9. The zero-order valence-corrected chi connectivity index (χ0v) is 30.0. The van der Waals surface area contributed by atoms with Crippen LogP contribution in [0.3, 0.4) is 0 Å². The van der Waals surface area contributed by atoms with Crippen molar-refractivity contribution in [1.29, 1.82) is 0 Å².